The van der Waals surface area contributed by atoms with Crippen LogP contribution in [0.1, 0.15) is 23.7 Å². The monoisotopic (exact) mass is 383 g/mol. The summed E-state index contributed by atoms with van der Waals surface area (Å²) in [6, 6.07) is 9.89. The Morgan fingerprint density at radius 3 is 2.81 bits per heavy atom. The van der Waals surface area contributed by atoms with Crippen LogP contribution in [0.15, 0.2) is 41.0 Å². The first-order chi connectivity index (χ1) is 10.1. The smallest absolute Gasteiger partial charge is 0.160 e. The van der Waals surface area contributed by atoms with Gasteiger partial charge in [0.05, 0.1) is 16.9 Å². The van der Waals surface area contributed by atoms with Crippen LogP contribution < -0.4 is 0 Å². The molecule has 0 N–H and O–H groups in total. The van der Waals surface area contributed by atoms with E-state index in [0.29, 0.717) is 11.6 Å². The quantitative estimate of drug-likeness (QED) is 0.581. The normalized spacial score (nSPS) is 12.8. The lowest BCUT2D eigenvalue weighted by Gasteiger charge is -2.11. The van der Waals surface area contributed by atoms with Gasteiger partial charge in [-0.1, -0.05) is 45.7 Å². The molecule has 1 atom stereocenters. The van der Waals surface area contributed by atoms with Crippen molar-refractivity contribution in [3.63, 3.8) is 0 Å². The van der Waals surface area contributed by atoms with Gasteiger partial charge >= 0.3 is 0 Å². The Labute approximate surface area is 141 Å². The number of alkyl halides is 1. The van der Waals surface area contributed by atoms with Gasteiger partial charge in [0.25, 0.3) is 0 Å². The van der Waals surface area contributed by atoms with Crippen molar-refractivity contribution in [2.24, 2.45) is 0 Å². The molecule has 0 amide bonds. The van der Waals surface area contributed by atoms with Gasteiger partial charge in [-0.3, -0.25) is 0 Å². The van der Waals surface area contributed by atoms with Crippen LogP contribution in [0.2, 0.25) is 5.02 Å². The van der Waals surface area contributed by atoms with Gasteiger partial charge in [-0.25, -0.2) is 9.97 Å². The molecular formula is C15H12BrCl2N3. The van der Waals surface area contributed by atoms with E-state index < -0.39 is 0 Å². The number of halogens is 3. The molecule has 3 aromatic rings. The molecule has 1 unspecified atom stereocenters. The second-order valence-corrected chi connectivity index (χ2v) is 6.71. The van der Waals surface area contributed by atoms with Gasteiger partial charge in [0.15, 0.2) is 5.65 Å². The van der Waals surface area contributed by atoms with Crippen LogP contribution in [-0.2, 0) is 6.54 Å². The number of hydrogen-bond acceptors (Lipinski definition) is 2. The Morgan fingerprint density at radius 2 is 2.10 bits per heavy atom. The predicted molar refractivity (Wildman–Crippen MR) is 90.1 cm³/mol. The summed E-state index contributed by atoms with van der Waals surface area (Å²) >= 11 is 15.8. The summed E-state index contributed by atoms with van der Waals surface area (Å²) in [6.45, 7) is 2.56. The molecule has 6 heteroatoms. The molecule has 0 bridgehead atoms. The van der Waals surface area contributed by atoms with E-state index in [1.165, 1.54) is 0 Å². The van der Waals surface area contributed by atoms with Crippen molar-refractivity contribution < 1.29 is 0 Å². The van der Waals surface area contributed by atoms with E-state index >= 15 is 0 Å². The van der Waals surface area contributed by atoms with E-state index in [0.717, 1.165) is 27.0 Å². The molecule has 0 spiro atoms. The van der Waals surface area contributed by atoms with E-state index in [1.54, 1.807) is 6.20 Å². The minimum absolute atomic E-state index is 0.208. The maximum atomic E-state index is 6.27. The number of nitrogens with zero attached hydrogens (tertiary/aromatic N) is 3. The first-order valence-corrected chi connectivity index (χ1v) is 8.06. The van der Waals surface area contributed by atoms with E-state index in [1.807, 2.05) is 35.8 Å². The molecule has 3 nitrogen and oxygen atoms in total. The maximum absolute atomic E-state index is 6.27. The van der Waals surface area contributed by atoms with E-state index in [-0.39, 0.29) is 5.38 Å². The molecule has 0 saturated heterocycles. The Balaban J connectivity index is 2.16. The van der Waals surface area contributed by atoms with Crippen molar-refractivity contribution in [3.8, 4) is 0 Å². The van der Waals surface area contributed by atoms with Crippen molar-refractivity contribution in [1.29, 1.82) is 0 Å². The van der Waals surface area contributed by atoms with Gasteiger partial charge in [0.2, 0.25) is 0 Å². The lowest BCUT2D eigenvalue weighted by Crippen LogP contribution is -2.07. The zero-order valence-electron chi connectivity index (χ0n) is 11.2. The third-order valence-corrected chi connectivity index (χ3v) is 4.40. The molecule has 0 fully saturated rings. The molecule has 1 aromatic carbocycles. The minimum atomic E-state index is -0.208. The number of benzene rings is 1. The van der Waals surface area contributed by atoms with E-state index in [9.17, 15) is 0 Å². The van der Waals surface area contributed by atoms with Crippen LogP contribution in [-0.4, -0.2) is 14.5 Å². The maximum Gasteiger partial charge on any atom is 0.160 e. The summed E-state index contributed by atoms with van der Waals surface area (Å²) in [5.41, 5.74) is 2.70. The second-order valence-electron chi connectivity index (χ2n) is 4.76. The van der Waals surface area contributed by atoms with Gasteiger partial charge in [-0.05, 0) is 24.6 Å². The molecule has 21 heavy (non-hydrogen) atoms. The van der Waals surface area contributed by atoms with Crippen LogP contribution in [0.3, 0.4) is 0 Å². The molecular weight excluding hydrogens is 373 g/mol. The number of rotatable bonds is 3. The zero-order valence-corrected chi connectivity index (χ0v) is 14.3. The highest BCUT2D eigenvalue weighted by molar-refractivity contribution is 9.10. The van der Waals surface area contributed by atoms with E-state index in [4.69, 9.17) is 23.2 Å². The lowest BCUT2D eigenvalue weighted by atomic mass is 10.2. The topological polar surface area (TPSA) is 30.7 Å². The summed E-state index contributed by atoms with van der Waals surface area (Å²) in [5, 5.41) is 0.363. The first kappa shape index (κ1) is 14.8. The molecule has 3 rings (SSSR count). The average molecular weight is 385 g/mol. The largest absolute Gasteiger partial charge is 0.307 e. The highest BCUT2D eigenvalue weighted by Crippen LogP contribution is 2.27. The summed E-state index contributed by atoms with van der Waals surface area (Å²) in [7, 11) is 0. The third-order valence-electron chi connectivity index (χ3n) is 3.22. The Morgan fingerprint density at radius 1 is 1.33 bits per heavy atom. The van der Waals surface area contributed by atoms with Gasteiger partial charge < -0.3 is 4.57 Å². The molecule has 2 heterocycles. The Hall–Kier alpha value is -1.10. The number of aromatic nitrogens is 3. The Bertz CT molecular complexity index is 799. The summed E-state index contributed by atoms with van der Waals surface area (Å²) < 4.78 is 3.08. The van der Waals surface area contributed by atoms with Gasteiger partial charge in [0, 0.05) is 10.7 Å². The fraction of sp³-hybridized carbons (Fsp3) is 0.200. The minimum Gasteiger partial charge on any atom is -0.307 e. The molecule has 0 aliphatic carbocycles. The second kappa shape index (κ2) is 5.95. The summed E-state index contributed by atoms with van der Waals surface area (Å²) in [6.07, 6.45) is 1.63. The SMILES string of the molecule is CC(Cl)c1nc2cc(Cl)cnc2n1Cc1ccccc1Br. The number of pyridine rings is 1. The predicted octanol–water partition coefficient (Wildman–Crippen LogP) is 5.20. The molecule has 2 aromatic heterocycles. The van der Waals surface area contributed by atoms with Crippen LogP contribution >= 0.6 is 39.1 Å². The molecule has 0 aliphatic rings. The molecule has 108 valence electrons. The molecule has 0 radical (unpaired) electrons. The van der Waals surface area contributed by atoms with Crippen LogP contribution in [0, 0.1) is 0 Å². The van der Waals surface area contributed by atoms with Crippen LogP contribution in [0.25, 0.3) is 11.2 Å². The van der Waals surface area contributed by atoms with Gasteiger partial charge in [-0.2, -0.15) is 0 Å². The molecule has 0 aliphatic heterocycles. The number of imidazole rings is 1. The van der Waals surface area contributed by atoms with Gasteiger partial charge in [0.1, 0.15) is 11.3 Å². The first-order valence-electron chi connectivity index (χ1n) is 6.45. The van der Waals surface area contributed by atoms with Crippen molar-refractivity contribution in [2.45, 2.75) is 18.8 Å². The average Bonchev–Trinajstić information content (AvgIpc) is 2.79. The van der Waals surface area contributed by atoms with Crippen LogP contribution in [0.4, 0.5) is 0 Å². The number of fused-ring (bicyclic) bond motifs is 1. The molecule has 0 saturated carbocycles. The third kappa shape index (κ3) is 2.93. The fourth-order valence-electron chi connectivity index (χ4n) is 2.26. The lowest BCUT2D eigenvalue weighted by molar-refractivity contribution is 0.734. The number of hydrogen-bond donors (Lipinski definition) is 0. The standard InChI is InChI=1S/C15H12BrCl2N3/c1-9(17)14-20-13-6-11(18)7-19-15(13)21(14)8-10-4-2-3-5-12(10)16/h2-7,9H,8H2,1H3. The van der Waals surface area contributed by atoms with Crippen molar-refractivity contribution in [1.82, 2.24) is 14.5 Å². The van der Waals surface area contributed by atoms with E-state index in [2.05, 4.69) is 32.0 Å². The van der Waals surface area contributed by atoms with Crippen molar-refractivity contribution >= 4 is 50.3 Å². The van der Waals surface area contributed by atoms with Crippen molar-refractivity contribution in [3.05, 3.63) is 57.4 Å². The highest BCUT2D eigenvalue weighted by atomic mass is 79.9. The van der Waals surface area contributed by atoms with Gasteiger partial charge in [-0.15, -0.1) is 11.6 Å². The zero-order chi connectivity index (χ0) is 15.0. The van der Waals surface area contributed by atoms with Crippen LogP contribution in [0.5, 0.6) is 0 Å². The van der Waals surface area contributed by atoms with Crippen molar-refractivity contribution in [2.75, 3.05) is 0 Å². The summed E-state index contributed by atoms with van der Waals surface area (Å²) in [4.78, 5) is 8.97. The Kier molecular flexibility index (Phi) is 4.20. The fourth-order valence-corrected chi connectivity index (χ4v) is 2.99. The highest BCUT2D eigenvalue weighted by Gasteiger charge is 2.17. The summed E-state index contributed by atoms with van der Waals surface area (Å²) in [5.74, 6) is 0.789.